The molecule has 8 nitrogen and oxygen atoms in total. The molecule has 3 unspecified atom stereocenters. The average molecular weight is 517 g/mol. The fourth-order valence-corrected chi connectivity index (χ4v) is 4.66. The molecule has 3 aromatic carbocycles. The Labute approximate surface area is 222 Å². The summed E-state index contributed by atoms with van der Waals surface area (Å²) in [7, 11) is 0. The molecule has 0 fully saturated rings. The Hall–Kier alpha value is -4.17. The van der Waals surface area contributed by atoms with Crippen molar-refractivity contribution in [1.29, 1.82) is 0 Å². The number of benzene rings is 3. The minimum atomic E-state index is -1.16. The normalized spacial score (nSPS) is 14.5. The first-order valence-electron chi connectivity index (χ1n) is 12.7. The molecule has 0 spiro atoms. The number of fused-ring (bicyclic) bond motifs is 3. The van der Waals surface area contributed by atoms with Crippen LogP contribution in [0.3, 0.4) is 0 Å². The van der Waals surface area contributed by atoms with E-state index >= 15 is 0 Å². The molecule has 0 saturated carbocycles. The molecule has 8 heteroatoms. The van der Waals surface area contributed by atoms with Crippen molar-refractivity contribution in [3.63, 3.8) is 0 Å². The molecule has 1 aliphatic rings. The third kappa shape index (κ3) is 6.20. The lowest BCUT2D eigenvalue weighted by molar-refractivity contribution is -0.142. The van der Waals surface area contributed by atoms with Crippen molar-refractivity contribution in [1.82, 2.24) is 10.6 Å². The summed E-state index contributed by atoms with van der Waals surface area (Å²) >= 11 is 0. The maximum atomic E-state index is 13.1. The lowest BCUT2D eigenvalue weighted by atomic mass is 9.98. The van der Waals surface area contributed by atoms with E-state index in [1.807, 2.05) is 78.9 Å². The monoisotopic (exact) mass is 516 g/mol. The minimum Gasteiger partial charge on any atom is -0.480 e. The highest BCUT2D eigenvalue weighted by atomic mass is 16.5. The zero-order valence-corrected chi connectivity index (χ0v) is 21.4. The van der Waals surface area contributed by atoms with E-state index in [0.717, 1.165) is 27.8 Å². The van der Waals surface area contributed by atoms with Gasteiger partial charge in [-0.2, -0.15) is 0 Å². The van der Waals surface area contributed by atoms with Gasteiger partial charge in [-0.25, -0.2) is 9.59 Å². The van der Waals surface area contributed by atoms with Gasteiger partial charge in [0, 0.05) is 5.92 Å². The van der Waals surface area contributed by atoms with Crippen LogP contribution in [-0.4, -0.2) is 47.9 Å². The Balaban J connectivity index is 1.45. The molecule has 2 amide bonds. The Morgan fingerprint density at radius 2 is 1.45 bits per heavy atom. The van der Waals surface area contributed by atoms with Gasteiger partial charge in [0.05, 0.1) is 12.7 Å². The molecule has 0 radical (unpaired) electrons. The van der Waals surface area contributed by atoms with Crippen molar-refractivity contribution in [2.45, 2.75) is 51.0 Å². The summed E-state index contributed by atoms with van der Waals surface area (Å²) < 4.78 is 11.5. The van der Waals surface area contributed by atoms with Crippen LogP contribution in [0.1, 0.15) is 42.9 Å². The van der Waals surface area contributed by atoms with Gasteiger partial charge < -0.3 is 25.2 Å². The summed E-state index contributed by atoms with van der Waals surface area (Å²) in [5.41, 5.74) is 5.26. The van der Waals surface area contributed by atoms with Gasteiger partial charge in [0.15, 0.2) is 0 Å². The number of hydrogen-bond donors (Lipinski definition) is 3. The number of carbonyl (C=O) groups is 3. The number of rotatable bonds is 11. The van der Waals surface area contributed by atoms with Gasteiger partial charge in [0.1, 0.15) is 18.7 Å². The van der Waals surface area contributed by atoms with Crippen molar-refractivity contribution in [2.75, 3.05) is 6.61 Å². The molecule has 3 N–H and O–H groups in total. The quantitative estimate of drug-likeness (QED) is 0.346. The van der Waals surface area contributed by atoms with Gasteiger partial charge in [-0.05, 0) is 41.2 Å². The summed E-state index contributed by atoms with van der Waals surface area (Å²) in [5, 5.41) is 14.5. The number of carboxylic acid groups (broad SMARTS) is 1. The van der Waals surface area contributed by atoms with E-state index in [-0.39, 0.29) is 25.6 Å². The second-order valence-corrected chi connectivity index (χ2v) is 9.26. The van der Waals surface area contributed by atoms with E-state index in [0.29, 0.717) is 0 Å². The zero-order valence-electron chi connectivity index (χ0n) is 21.4. The molecule has 0 aromatic heterocycles. The lowest BCUT2D eigenvalue weighted by Crippen LogP contribution is -2.56. The molecule has 4 rings (SSSR count). The Morgan fingerprint density at radius 1 is 0.868 bits per heavy atom. The zero-order chi connectivity index (χ0) is 27.1. The number of amides is 2. The second kappa shape index (κ2) is 12.4. The number of carbonyl (C=O) groups excluding carboxylic acids is 2. The van der Waals surface area contributed by atoms with Gasteiger partial charge in [0.2, 0.25) is 5.91 Å². The average Bonchev–Trinajstić information content (AvgIpc) is 3.26. The summed E-state index contributed by atoms with van der Waals surface area (Å²) in [4.78, 5) is 37.5. The molecular formula is C30H32N2O6. The summed E-state index contributed by atoms with van der Waals surface area (Å²) in [6, 6.07) is 23.2. The van der Waals surface area contributed by atoms with Crippen molar-refractivity contribution < 1.29 is 29.0 Å². The van der Waals surface area contributed by atoms with E-state index in [2.05, 4.69) is 10.6 Å². The van der Waals surface area contributed by atoms with Crippen LogP contribution in [0, 0.1) is 0 Å². The molecule has 0 aliphatic heterocycles. The van der Waals surface area contributed by atoms with Crippen LogP contribution in [0.4, 0.5) is 4.79 Å². The van der Waals surface area contributed by atoms with Crippen LogP contribution in [0.5, 0.6) is 0 Å². The Morgan fingerprint density at radius 3 is 2.03 bits per heavy atom. The van der Waals surface area contributed by atoms with Crippen LogP contribution < -0.4 is 10.6 Å². The Bertz CT molecular complexity index is 1230. The van der Waals surface area contributed by atoms with E-state index in [1.165, 1.54) is 0 Å². The molecule has 3 aromatic rings. The van der Waals surface area contributed by atoms with Crippen LogP contribution in [-0.2, 0) is 25.7 Å². The molecule has 38 heavy (non-hydrogen) atoms. The standard InChI is InChI=1S/C30H32N2O6/c1-3-26(29(34)35)31-28(33)27(19(2)37-17-20-11-5-4-6-12-20)32-30(36)38-18-25-23-15-9-7-13-21(23)22-14-8-10-16-24(22)25/h4-16,19,25-27H,3,17-18H2,1-2H3,(H,31,33)(H,32,36)(H,34,35). The fraction of sp³-hybridized carbons (Fsp3) is 0.300. The number of carboxylic acids is 1. The topological polar surface area (TPSA) is 114 Å². The minimum absolute atomic E-state index is 0.0835. The molecule has 3 atom stereocenters. The van der Waals surface area contributed by atoms with Gasteiger partial charge in [-0.15, -0.1) is 0 Å². The van der Waals surface area contributed by atoms with Gasteiger partial charge >= 0.3 is 12.1 Å². The highest BCUT2D eigenvalue weighted by Crippen LogP contribution is 2.44. The first-order valence-corrected chi connectivity index (χ1v) is 12.7. The van der Waals surface area contributed by atoms with Crippen molar-refractivity contribution in [2.24, 2.45) is 0 Å². The second-order valence-electron chi connectivity index (χ2n) is 9.26. The molecular weight excluding hydrogens is 484 g/mol. The van der Waals surface area contributed by atoms with Crippen LogP contribution in [0.15, 0.2) is 78.9 Å². The number of aliphatic carboxylic acids is 1. The summed E-state index contributed by atoms with van der Waals surface area (Å²) in [6.07, 6.45) is -1.36. The highest BCUT2D eigenvalue weighted by Gasteiger charge is 2.33. The number of hydrogen-bond acceptors (Lipinski definition) is 5. The van der Waals surface area contributed by atoms with Crippen molar-refractivity contribution >= 4 is 18.0 Å². The first-order chi connectivity index (χ1) is 18.4. The van der Waals surface area contributed by atoms with E-state index < -0.39 is 36.2 Å². The number of nitrogens with one attached hydrogen (secondary N) is 2. The molecule has 198 valence electrons. The third-order valence-electron chi connectivity index (χ3n) is 6.75. The SMILES string of the molecule is CCC(NC(=O)C(NC(=O)OCC1c2ccccc2-c2ccccc21)C(C)OCc1ccccc1)C(=O)O. The maximum absolute atomic E-state index is 13.1. The highest BCUT2D eigenvalue weighted by molar-refractivity contribution is 5.89. The third-order valence-corrected chi connectivity index (χ3v) is 6.75. The maximum Gasteiger partial charge on any atom is 0.407 e. The van der Waals surface area contributed by atoms with E-state index in [1.54, 1.807) is 13.8 Å². The molecule has 0 saturated heterocycles. The summed E-state index contributed by atoms with van der Waals surface area (Å²) in [6.45, 7) is 3.61. The summed E-state index contributed by atoms with van der Waals surface area (Å²) in [5.74, 6) is -1.95. The van der Waals surface area contributed by atoms with Crippen LogP contribution >= 0.6 is 0 Å². The smallest absolute Gasteiger partial charge is 0.407 e. The van der Waals surface area contributed by atoms with E-state index in [9.17, 15) is 19.5 Å². The number of alkyl carbamates (subject to hydrolysis) is 1. The van der Waals surface area contributed by atoms with Crippen molar-refractivity contribution in [3.05, 3.63) is 95.6 Å². The largest absolute Gasteiger partial charge is 0.480 e. The molecule has 1 aliphatic carbocycles. The fourth-order valence-electron chi connectivity index (χ4n) is 4.66. The predicted octanol–water partition coefficient (Wildman–Crippen LogP) is 4.48. The van der Waals surface area contributed by atoms with Gasteiger partial charge in [-0.1, -0.05) is 85.8 Å². The molecule has 0 bridgehead atoms. The van der Waals surface area contributed by atoms with Crippen LogP contribution in [0.25, 0.3) is 11.1 Å². The lowest BCUT2D eigenvalue weighted by Gasteiger charge is -2.26. The van der Waals surface area contributed by atoms with Gasteiger partial charge in [-0.3, -0.25) is 4.79 Å². The number of ether oxygens (including phenoxy) is 2. The first kappa shape index (κ1) is 26.9. The molecule has 0 heterocycles. The van der Waals surface area contributed by atoms with E-state index in [4.69, 9.17) is 9.47 Å². The Kier molecular flexibility index (Phi) is 8.76. The van der Waals surface area contributed by atoms with Crippen LogP contribution in [0.2, 0.25) is 0 Å². The van der Waals surface area contributed by atoms with Crippen molar-refractivity contribution in [3.8, 4) is 11.1 Å². The van der Waals surface area contributed by atoms with Gasteiger partial charge in [0.25, 0.3) is 0 Å². The predicted molar refractivity (Wildman–Crippen MR) is 143 cm³/mol.